The zero-order valence-corrected chi connectivity index (χ0v) is 25.7. The summed E-state index contributed by atoms with van der Waals surface area (Å²) in [5.41, 5.74) is 6.95. The number of aromatic nitrogens is 6. The van der Waals surface area contributed by atoms with Crippen LogP contribution in [0, 0.1) is 0 Å². The SMILES string of the molecule is Nc1ncnc2c1ncn2[C@@H]1O[C@@H]2COP(=O)(O)OC3C(O)[C@H](n4cnc5cc(Cl)c(Cl)cc54)O[C@@H]3COP(=O)(O)OC1C2O. The van der Waals surface area contributed by atoms with Crippen molar-refractivity contribution in [1.29, 1.82) is 0 Å². The minimum absolute atomic E-state index is 0.0357. The van der Waals surface area contributed by atoms with E-state index in [-0.39, 0.29) is 27.0 Å². The lowest BCUT2D eigenvalue weighted by Gasteiger charge is -2.25. The molecule has 3 aliphatic heterocycles. The highest BCUT2D eigenvalue weighted by atomic mass is 35.5. The van der Waals surface area contributed by atoms with E-state index in [1.807, 2.05) is 0 Å². The molecule has 7 rings (SSSR count). The van der Waals surface area contributed by atoms with E-state index in [9.17, 15) is 29.1 Å². The first kappa shape index (κ1) is 31.3. The number of phosphoric ester groups is 2. The number of phosphoric acid groups is 2. The van der Waals surface area contributed by atoms with Gasteiger partial charge in [0, 0.05) is 0 Å². The summed E-state index contributed by atoms with van der Waals surface area (Å²) in [7, 11) is -10.1. The molecule has 4 aromatic rings. The Balaban J connectivity index is 1.20. The number of anilines is 1. The molecule has 19 nitrogen and oxygen atoms in total. The number of imidazole rings is 2. The van der Waals surface area contributed by atoms with Crippen LogP contribution in [0.4, 0.5) is 5.82 Å². The number of nitrogens with two attached hydrogens (primary N) is 1. The fourth-order valence-corrected chi connectivity index (χ4v) is 7.61. The van der Waals surface area contributed by atoms with Gasteiger partial charge in [0.25, 0.3) is 0 Å². The Labute approximate surface area is 261 Å². The number of aliphatic hydroxyl groups excluding tert-OH is 2. The quantitative estimate of drug-likeness (QED) is 0.184. The summed E-state index contributed by atoms with van der Waals surface area (Å²) in [5, 5.41) is 22.6. The average molecular weight is 710 g/mol. The standard InChI is InChI=1S/C22H23Cl2N7O12P2/c23-8-1-10-11(2-9(8)24)30(6-28-10)21-16(33)17-13(41-21)4-39-45(36,37)43-18-15(32)12(3-38-44(34,35)42-17)40-22(18)31-7-29-14-19(25)26-5-27-20(14)31/h1-2,5-7,12-13,15-18,21-22,32-33H,3-4H2,(H,34,35)(H,36,37)(H2,25,26,27)/t12-,13-,15?,16?,17?,18?,21-,22-/m1/s1. The number of halogens is 2. The third kappa shape index (κ3) is 5.66. The minimum atomic E-state index is -5.05. The molecule has 6 N–H and O–H groups in total. The van der Waals surface area contributed by atoms with Crippen LogP contribution in [0.5, 0.6) is 0 Å². The molecule has 10 atom stereocenters. The maximum atomic E-state index is 13.2. The minimum Gasteiger partial charge on any atom is -0.387 e. The number of ether oxygens (including phenoxy) is 2. The zero-order chi connectivity index (χ0) is 31.8. The molecule has 3 aliphatic rings. The molecule has 0 saturated carbocycles. The normalized spacial score (nSPS) is 37.7. The lowest BCUT2D eigenvalue weighted by atomic mass is 10.1. The predicted octanol–water partition coefficient (Wildman–Crippen LogP) is 1.30. The van der Waals surface area contributed by atoms with E-state index in [0.717, 1.165) is 6.33 Å². The number of nitrogen functional groups attached to an aromatic ring is 1. The van der Waals surface area contributed by atoms with Gasteiger partial charge in [0.15, 0.2) is 23.9 Å². The summed E-state index contributed by atoms with van der Waals surface area (Å²) in [6.45, 7) is -1.55. The number of nitrogens with zero attached hydrogens (tertiary/aromatic N) is 6. The summed E-state index contributed by atoms with van der Waals surface area (Å²) in [6.07, 6.45) is -8.40. The van der Waals surface area contributed by atoms with Crippen LogP contribution in [0.1, 0.15) is 12.5 Å². The van der Waals surface area contributed by atoms with Gasteiger partial charge in [-0.1, -0.05) is 23.2 Å². The number of hydrogen-bond donors (Lipinski definition) is 5. The summed E-state index contributed by atoms with van der Waals surface area (Å²) < 4.78 is 61.7. The highest BCUT2D eigenvalue weighted by Gasteiger charge is 2.53. The third-order valence-corrected chi connectivity index (χ3v) is 10.2. The molecule has 0 radical (unpaired) electrons. The first-order chi connectivity index (χ1) is 21.3. The van der Waals surface area contributed by atoms with E-state index in [1.54, 1.807) is 0 Å². The average Bonchev–Trinajstić information content (AvgIpc) is 3.73. The summed E-state index contributed by atoms with van der Waals surface area (Å²) in [4.78, 5) is 37.6. The Bertz CT molecular complexity index is 1880. The van der Waals surface area contributed by atoms with E-state index in [2.05, 4.69) is 19.9 Å². The highest BCUT2D eigenvalue weighted by molar-refractivity contribution is 7.47. The maximum Gasteiger partial charge on any atom is 0.472 e. The number of fused-ring (bicyclic) bond motifs is 5. The van der Waals surface area contributed by atoms with Gasteiger partial charge in [0.05, 0.1) is 46.9 Å². The lowest BCUT2D eigenvalue weighted by Crippen LogP contribution is -2.36. The molecule has 45 heavy (non-hydrogen) atoms. The summed E-state index contributed by atoms with van der Waals surface area (Å²) in [6, 6.07) is 2.97. The summed E-state index contributed by atoms with van der Waals surface area (Å²) >= 11 is 12.2. The second-order valence-electron chi connectivity index (χ2n) is 10.3. The fraction of sp³-hybridized carbons (Fsp3) is 0.455. The van der Waals surface area contributed by atoms with E-state index in [4.69, 9.17) is 56.5 Å². The molecule has 3 saturated heterocycles. The van der Waals surface area contributed by atoms with Crippen LogP contribution in [0.15, 0.2) is 31.1 Å². The van der Waals surface area contributed by atoms with E-state index >= 15 is 0 Å². The Kier molecular flexibility index (Phi) is 7.95. The van der Waals surface area contributed by atoms with Gasteiger partial charge in [-0.15, -0.1) is 0 Å². The van der Waals surface area contributed by atoms with Crippen molar-refractivity contribution >= 4 is 66.9 Å². The van der Waals surface area contributed by atoms with Gasteiger partial charge in [0.1, 0.15) is 48.5 Å². The number of benzene rings is 1. The van der Waals surface area contributed by atoms with Gasteiger partial charge in [-0.3, -0.25) is 22.7 Å². The van der Waals surface area contributed by atoms with Gasteiger partial charge in [-0.2, -0.15) is 0 Å². The Hall–Kier alpha value is -2.32. The monoisotopic (exact) mass is 709 g/mol. The topological polar surface area (TPSA) is 258 Å². The molecule has 6 unspecified atom stereocenters. The van der Waals surface area contributed by atoms with Crippen molar-refractivity contribution in [3.8, 4) is 0 Å². The molecule has 0 amide bonds. The largest absolute Gasteiger partial charge is 0.472 e. The number of aliphatic hydroxyl groups is 2. The van der Waals surface area contributed by atoms with Crippen molar-refractivity contribution in [2.45, 2.75) is 49.1 Å². The molecule has 0 aliphatic carbocycles. The molecular weight excluding hydrogens is 687 g/mol. The first-order valence-corrected chi connectivity index (χ1v) is 16.8. The maximum absolute atomic E-state index is 13.2. The Morgan fingerprint density at radius 3 is 2.22 bits per heavy atom. The van der Waals surface area contributed by atoms with Gasteiger partial charge in [-0.05, 0) is 12.1 Å². The van der Waals surface area contributed by atoms with Gasteiger partial charge < -0.3 is 39.8 Å². The van der Waals surface area contributed by atoms with Crippen molar-refractivity contribution in [3.05, 3.63) is 41.2 Å². The molecule has 3 aromatic heterocycles. The zero-order valence-electron chi connectivity index (χ0n) is 22.4. The van der Waals surface area contributed by atoms with Crippen molar-refractivity contribution in [2.24, 2.45) is 0 Å². The van der Waals surface area contributed by atoms with Crippen LogP contribution in [-0.2, 0) is 36.7 Å². The smallest absolute Gasteiger partial charge is 0.387 e. The van der Waals surface area contributed by atoms with Crippen molar-refractivity contribution in [3.63, 3.8) is 0 Å². The van der Waals surface area contributed by atoms with Gasteiger partial charge in [0.2, 0.25) is 0 Å². The first-order valence-electron chi connectivity index (χ1n) is 13.0. The van der Waals surface area contributed by atoms with Crippen LogP contribution in [-0.4, -0.2) is 98.9 Å². The molecule has 23 heteroatoms. The van der Waals surface area contributed by atoms with Crippen LogP contribution >= 0.6 is 38.8 Å². The van der Waals surface area contributed by atoms with Crippen LogP contribution in [0.25, 0.3) is 22.2 Å². The molecule has 242 valence electrons. The van der Waals surface area contributed by atoms with Gasteiger partial charge >= 0.3 is 15.6 Å². The molecule has 6 heterocycles. The Morgan fingerprint density at radius 2 is 1.47 bits per heavy atom. The second kappa shape index (κ2) is 11.4. The highest BCUT2D eigenvalue weighted by Crippen LogP contribution is 2.53. The number of rotatable bonds is 2. The molecule has 3 fully saturated rings. The lowest BCUT2D eigenvalue weighted by molar-refractivity contribution is -0.0671. The van der Waals surface area contributed by atoms with Crippen LogP contribution < -0.4 is 5.73 Å². The van der Waals surface area contributed by atoms with E-state index in [1.165, 1.54) is 33.9 Å². The molecular formula is C22H23Cl2N7O12P2. The number of hydrogen-bond acceptors (Lipinski definition) is 15. The van der Waals surface area contributed by atoms with Crippen LogP contribution in [0.2, 0.25) is 10.0 Å². The Morgan fingerprint density at radius 1 is 0.822 bits per heavy atom. The van der Waals surface area contributed by atoms with E-state index in [0.29, 0.717) is 11.0 Å². The second-order valence-corrected chi connectivity index (χ2v) is 13.9. The van der Waals surface area contributed by atoms with Gasteiger partial charge in [-0.25, -0.2) is 29.1 Å². The van der Waals surface area contributed by atoms with Crippen LogP contribution in [0.3, 0.4) is 0 Å². The molecule has 2 bridgehead atoms. The molecule has 0 spiro atoms. The van der Waals surface area contributed by atoms with Crippen molar-refractivity contribution < 1.29 is 56.7 Å². The van der Waals surface area contributed by atoms with Crippen molar-refractivity contribution in [2.75, 3.05) is 18.9 Å². The predicted molar refractivity (Wildman–Crippen MR) is 151 cm³/mol. The third-order valence-electron chi connectivity index (χ3n) is 7.49. The fourth-order valence-electron chi connectivity index (χ4n) is 5.39. The molecule has 1 aromatic carbocycles. The van der Waals surface area contributed by atoms with Crippen molar-refractivity contribution in [1.82, 2.24) is 29.1 Å². The summed E-state index contributed by atoms with van der Waals surface area (Å²) in [5.74, 6) is 0.0357. The van der Waals surface area contributed by atoms with E-state index < -0.39 is 77.9 Å².